The predicted molar refractivity (Wildman–Crippen MR) is 50.7 cm³/mol. The number of aliphatic hydroxyl groups is 1. The second-order valence-corrected chi connectivity index (χ2v) is 5.32. The average Bonchev–Trinajstić information content (AvgIpc) is 2.54. The number of carbonyl (C=O) groups is 1. The van der Waals surface area contributed by atoms with E-state index in [4.69, 9.17) is 5.11 Å². The number of hydrogen-bond donors (Lipinski definition) is 2. The standard InChI is InChI=1S/C9H14O3S/c1-6-4-9(6,7(10)11)8(12)2-3-13-5-8/h6,12H,2-5H2,1H3,(H,10,11). The molecule has 0 spiro atoms. The third-order valence-corrected chi connectivity index (χ3v) is 4.70. The topological polar surface area (TPSA) is 57.5 Å². The maximum Gasteiger partial charge on any atom is 0.312 e. The van der Waals surface area contributed by atoms with Gasteiger partial charge in [0, 0.05) is 5.75 Å². The minimum atomic E-state index is -0.942. The van der Waals surface area contributed by atoms with Crippen molar-refractivity contribution in [1.82, 2.24) is 0 Å². The van der Waals surface area contributed by atoms with E-state index in [2.05, 4.69) is 0 Å². The lowest BCUT2D eigenvalue weighted by molar-refractivity contribution is -0.155. The van der Waals surface area contributed by atoms with Gasteiger partial charge < -0.3 is 10.2 Å². The van der Waals surface area contributed by atoms with Gasteiger partial charge in [0.2, 0.25) is 0 Å². The molecule has 2 N–H and O–H groups in total. The summed E-state index contributed by atoms with van der Waals surface area (Å²) in [7, 11) is 0. The minimum absolute atomic E-state index is 0.133. The number of thioether (sulfide) groups is 1. The molecule has 2 rings (SSSR count). The highest BCUT2D eigenvalue weighted by Gasteiger charge is 2.70. The lowest BCUT2D eigenvalue weighted by Gasteiger charge is -2.29. The van der Waals surface area contributed by atoms with Gasteiger partial charge in [-0.05, 0) is 24.5 Å². The van der Waals surface area contributed by atoms with E-state index >= 15 is 0 Å². The first kappa shape index (κ1) is 9.34. The Bertz CT molecular complexity index is 247. The first-order valence-corrected chi connectivity index (χ1v) is 5.72. The number of carboxylic acid groups (broad SMARTS) is 1. The van der Waals surface area contributed by atoms with Crippen molar-refractivity contribution in [1.29, 1.82) is 0 Å². The van der Waals surface area contributed by atoms with Gasteiger partial charge in [-0.15, -0.1) is 0 Å². The van der Waals surface area contributed by atoms with Crippen molar-refractivity contribution in [3.63, 3.8) is 0 Å². The maximum absolute atomic E-state index is 11.1. The molecule has 0 aromatic rings. The Hall–Kier alpha value is -0.220. The van der Waals surface area contributed by atoms with Gasteiger partial charge in [-0.1, -0.05) is 6.92 Å². The Morgan fingerprint density at radius 2 is 2.23 bits per heavy atom. The Balaban J connectivity index is 2.27. The van der Waals surface area contributed by atoms with E-state index in [9.17, 15) is 9.90 Å². The molecule has 0 aromatic heterocycles. The largest absolute Gasteiger partial charge is 0.481 e. The van der Waals surface area contributed by atoms with Gasteiger partial charge in [-0.2, -0.15) is 11.8 Å². The van der Waals surface area contributed by atoms with Crippen LogP contribution in [0.1, 0.15) is 19.8 Å². The van der Waals surface area contributed by atoms with Crippen molar-refractivity contribution >= 4 is 17.7 Å². The van der Waals surface area contributed by atoms with Gasteiger partial charge >= 0.3 is 5.97 Å². The van der Waals surface area contributed by atoms with Gasteiger partial charge in [-0.3, -0.25) is 4.79 Å². The highest BCUT2D eigenvalue weighted by Crippen LogP contribution is 2.62. The fourth-order valence-electron chi connectivity index (χ4n) is 2.48. The summed E-state index contributed by atoms with van der Waals surface area (Å²) in [6, 6.07) is 0. The molecule has 3 atom stereocenters. The molecule has 1 saturated heterocycles. The first-order chi connectivity index (χ1) is 6.03. The van der Waals surface area contributed by atoms with Gasteiger partial charge in [0.15, 0.2) is 0 Å². The molecule has 0 bridgehead atoms. The lowest BCUT2D eigenvalue weighted by atomic mass is 9.82. The van der Waals surface area contributed by atoms with Gasteiger partial charge in [-0.25, -0.2) is 0 Å². The van der Waals surface area contributed by atoms with E-state index in [1.54, 1.807) is 11.8 Å². The maximum atomic E-state index is 11.1. The SMILES string of the molecule is CC1CC1(C(=O)O)C1(O)CCSC1. The lowest BCUT2D eigenvalue weighted by Crippen LogP contribution is -2.45. The van der Waals surface area contributed by atoms with Crippen molar-refractivity contribution in [2.75, 3.05) is 11.5 Å². The van der Waals surface area contributed by atoms with Crippen molar-refractivity contribution in [2.24, 2.45) is 11.3 Å². The normalized spacial score (nSPS) is 49.2. The van der Waals surface area contributed by atoms with Gasteiger partial charge in [0.05, 0.1) is 5.60 Å². The second-order valence-electron chi connectivity index (χ2n) is 4.22. The summed E-state index contributed by atoms with van der Waals surface area (Å²) in [6.07, 6.45) is 1.27. The van der Waals surface area contributed by atoms with E-state index in [0.717, 1.165) is 5.75 Å². The highest BCUT2D eigenvalue weighted by atomic mass is 32.2. The van der Waals surface area contributed by atoms with Crippen molar-refractivity contribution in [2.45, 2.75) is 25.4 Å². The van der Waals surface area contributed by atoms with Crippen LogP contribution in [0.5, 0.6) is 0 Å². The zero-order valence-electron chi connectivity index (χ0n) is 7.62. The van der Waals surface area contributed by atoms with Crippen LogP contribution in [0.15, 0.2) is 0 Å². The molecule has 1 aliphatic carbocycles. The predicted octanol–water partition coefficient (Wildman–Crippen LogP) is 0.965. The van der Waals surface area contributed by atoms with Crippen LogP contribution < -0.4 is 0 Å². The second kappa shape index (κ2) is 2.64. The Labute approximate surface area is 81.5 Å². The minimum Gasteiger partial charge on any atom is -0.481 e. The molecular formula is C9H14O3S. The van der Waals surface area contributed by atoms with Crippen LogP contribution in [0.4, 0.5) is 0 Å². The molecular weight excluding hydrogens is 188 g/mol. The molecule has 3 nitrogen and oxygen atoms in total. The van der Waals surface area contributed by atoms with E-state index in [1.807, 2.05) is 6.92 Å². The van der Waals surface area contributed by atoms with Crippen LogP contribution >= 0.6 is 11.8 Å². The van der Waals surface area contributed by atoms with Gasteiger partial charge in [0.25, 0.3) is 0 Å². The molecule has 3 unspecified atom stereocenters. The number of hydrogen-bond acceptors (Lipinski definition) is 3. The van der Waals surface area contributed by atoms with E-state index in [1.165, 1.54) is 0 Å². The molecule has 0 aromatic carbocycles. The van der Waals surface area contributed by atoms with Crippen molar-refractivity contribution in [3.8, 4) is 0 Å². The number of rotatable bonds is 2. The molecule has 74 valence electrons. The average molecular weight is 202 g/mol. The fraction of sp³-hybridized carbons (Fsp3) is 0.889. The van der Waals surface area contributed by atoms with E-state index < -0.39 is 17.0 Å². The molecule has 1 saturated carbocycles. The van der Waals surface area contributed by atoms with Crippen molar-refractivity contribution < 1.29 is 15.0 Å². The smallest absolute Gasteiger partial charge is 0.312 e. The van der Waals surface area contributed by atoms with Crippen molar-refractivity contribution in [3.05, 3.63) is 0 Å². The van der Waals surface area contributed by atoms with Crippen LogP contribution in [0, 0.1) is 11.3 Å². The highest BCUT2D eigenvalue weighted by molar-refractivity contribution is 7.99. The van der Waals surface area contributed by atoms with Gasteiger partial charge in [0.1, 0.15) is 5.41 Å². The number of carboxylic acids is 1. The quantitative estimate of drug-likeness (QED) is 0.700. The third-order valence-electron chi connectivity index (χ3n) is 3.52. The molecule has 1 heterocycles. The van der Waals surface area contributed by atoms with Crippen LogP contribution in [0.25, 0.3) is 0 Å². The Kier molecular flexibility index (Phi) is 1.90. The summed E-state index contributed by atoms with van der Waals surface area (Å²) < 4.78 is 0. The molecule has 13 heavy (non-hydrogen) atoms. The van der Waals surface area contributed by atoms with E-state index in [0.29, 0.717) is 18.6 Å². The third kappa shape index (κ3) is 1.05. The van der Waals surface area contributed by atoms with Crippen LogP contribution in [-0.4, -0.2) is 33.3 Å². The molecule has 1 aliphatic heterocycles. The van der Waals surface area contributed by atoms with Crippen LogP contribution in [-0.2, 0) is 4.79 Å². The molecule has 0 radical (unpaired) electrons. The summed E-state index contributed by atoms with van der Waals surface area (Å²) >= 11 is 1.65. The monoisotopic (exact) mass is 202 g/mol. The zero-order valence-corrected chi connectivity index (χ0v) is 8.43. The Morgan fingerprint density at radius 1 is 1.62 bits per heavy atom. The fourth-order valence-corrected chi connectivity index (χ4v) is 3.84. The van der Waals surface area contributed by atoms with Crippen LogP contribution in [0.2, 0.25) is 0 Å². The zero-order chi connectivity index (χ0) is 9.69. The van der Waals surface area contributed by atoms with E-state index in [-0.39, 0.29) is 5.92 Å². The summed E-state index contributed by atoms with van der Waals surface area (Å²) in [5.74, 6) is 0.792. The summed E-state index contributed by atoms with van der Waals surface area (Å²) in [4.78, 5) is 11.1. The first-order valence-electron chi connectivity index (χ1n) is 4.56. The van der Waals surface area contributed by atoms with Crippen LogP contribution in [0.3, 0.4) is 0 Å². The number of aliphatic carboxylic acids is 1. The molecule has 4 heteroatoms. The summed E-state index contributed by atoms with van der Waals surface area (Å²) in [5, 5.41) is 19.4. The molecule has 0 amide bonds. The Morgan fingerprint density at radius 3 is 2.54 bits per heavy atom. The molecule has 2 aliphatic rings. The molecule has 2 fully saturated rings. The summed E-state index contributed by atoms with van der Waals surface area (Å²) in [6.45, 7) is 1.91. The summed E-state index contributed by atoms with van der Waals surface area (Å²) in [5.41, 5.74) is -1.76.